The first-order valence-corrected chi connectivity index (χ1v) is 13.8. The van der Waals surface area contributed by atoms with Crippen molar-refractivity contribution in [2.45, 2.75) is 18.3 Å². The van der Waals surface area contributed by atoms with Crippen molar-refractivity contribution in [2.75, 3.05) is 44.3 Å². The van der Waals surface area contributed by atoms with E-state index in [1.54, 1.807) is 16.7 Å². The number of thioether (sulfide) groups is 1. The number of β-lactam (4-membered cyclic amide) rings is 1. The van der Waals surface area contributed by atoms with Gasteiger partial charge in [-0.1, -0.05) is 5.16 Å². The van der Waals surface area contributed by atoms with Crippen molar-refractivity contribution in [3.63, 3.8) is 0 Å². The van der Waals surface area contributed by atoms with Crippen LogP contribution in [0.2, 0.25) is 0 Å². The number of piperazine rings is 1. The maximum absolute atomic E-state index is 12.9. The van der Waals surface area contributed by atoms with Gasteiger partial charge in [0.15, 0.2) is 10.8 Å². The predicted molar refractivity (Wildman–Crippen MR) is 145 cm³/mol. The minimum Gasteiger partial charge on any atom is -0.477 e. The number of oxime groups is 1. The number of nitrogens with two attached hydrogens (primary N) is 2. The first-order valence-electron chi connectivity index (χ1n) is 11.8. The summed E-state index contributed by atoms with van der Waals surface area (Å²) in [5, 5.41) is 33.3. The van der Waals surface area contributed by atoms with Crippen LogP contribution in [-0.4, -0.2) is 122 Å². The monoisotopic (exact) mass is 594 g/mol. The summed E-state index contributed by atoms with van der Waals surface area (Å²) >= 11 is 2.25. The molecule has 0 radical (unpaired) electrons. The lowest BCUT2D eigenvalue weighted by molar-refractivity contribution is -0.150. The van der Waals surface area contributed by atoms with Crippen LogP contribution in [0.15, 0.2) is 32.0 Å². The Bertz CT molecular complexity index is 1320. The highest BCUT2D eigenvalue weighted by Gasteiger charge is 2.54. The fourth-order valence-corrected chi connectivity index (χ4v) is 5.96. The second-order valence-electron chi connectivity index (χ2n) is 8.44. The summed E-state index contributed by atoms with van der Waals surface area (Å²) in [5.41, 5.74) is 11.1. The Labute approximate surface area is 235 Å². The standard InChI is InChI=1S/C21H26N10O7S2/c1-2-38-21(36)30-5-3-29(4-6-30)19(22)27-24-7-10-8-39-17-13(16(33)31(17)14(10)18(34)35)26-15(32)12(28-37)11-9-40-20(23)25-11/h7,9,13,17,37H,2-6,8H2,1H3,(H2,22,27)(H2,23,25)(H,26,32)(H,34,35)/b24-7-,28-12?/t13-,17-/m1/s1. The molecule has 0 unspecified atom stereocenters. The number of hydrogen-bond acceptors (Lipinski definition) is 13. The lowest BCUT2D eigenvalue weighted by atomic mass is 10.0. The molecule has 2 atom stereocenters. The normalized spacial score (nSPS) is 21.8. The molecule has 0 bridgehead atoms. The molecule has 40 heavy (non-hydrogen) atoms. The average molecular weight is 595 g/mol. The molecule has 1 aromatic rings. The maximum Gasteiger partial charge on any atom is 0.409 e. The summed E-state index contributed by atoms with van der Waals surface area (Å²) in [6, 6.07) is -1.06. The number of nitrogens with zero attached hydrogens (tertiary/aromatic N) is 7. The molecule has 3 aliphatic rings. The van der Waals surface area contributed by atoms with Crippen molar-refractivity contribution < 1.29 is 34.2 Å². The molecule has 19 heteroatoms. The number of carbonyl (C=O) groups excluding carboxylic acids is 3. The van der Waals surface area contributed by atoms with E-state index in [-0.39, 0.29) is 40.4 Å². The van der Waals surface area contributed by atoms with E-state index in [0.717, 1.165) is 16.2 Å². The molecule has 0 spiro atoms. The lowest BCUT2D eigenvalue weighted by Gasteiger charge is -2.49. The van der Waals surface area contributed by atoms with E-state index in [1.165, 1.54) is 23.4 Å². The Hall–Kier alpha value is -4.39. The molecule has 0 aliphatic carbocycles. The van der Waals surface area contributed by atoms with Gasteiger partial charge in [0.1, 0.15) is 22.8 Å². The van der Waals surface area contributed by atoms with Crippen molar-refractivity contribution in [3.05, 3.63) is 22.3 Å². The summed E-state index contributed by atoms with van der Waals surface area (Å²) < 4.78 is 4.99. The number of guanidine groups is 1. The SMILES string of the molecule is CCOC(=O)N1CCN(C(N)=N/N=C\C2=C(C(=O)O)N3C(=O)[C@@H](NC(=O)C(=NO)c4csc(N)n4)[C@H]3SC2)CC1. The highest BCUT2D eigenvalue weighted by molar-refractivity contribution is 8.00. The van der Waals surface area contributed by atoms with Gasteiger partial charge in [0.05, 0.1) is 12.8 Å². The van der Waals surface area contributed by atoms with E-state index in [2.05, 4.69) is 25.7 Å². The summed E-state index contributed by atoms with van der Waals surface area (Å²) in [6.07, 6.45) is 0.822. The van der Waals surface area contributed by atoms with E-state index in [1.807, 2.05) is 0 Å². The molecule has 7 N–H and O–H groups in total. The number of carboxylic acids is 1. The zero-order valence-electron chi connectivity index (χ0n) is 21.1. The van der Waals surface area contributed by atoms with Gasteiger partial charge in [-0.15, -0.1) is 28.2 Å². The second-order valence-corrected chi connectivity index (χ2v) is 10.4. The molecule has 2 saturated heterocycles. The molecule has 3 aliphatic heterocycles. The number of nitrogens with one attached hydrogen (secondary N) is 1. The first-order chi connectivity index (χ1) is 19.2. The van der Waals surface area contributed by atoms with E-state index in [0.29, 0.717) is 26.2 Å². The average Bonchev–Trinajstić information content (AvgIpc) is 3.37. The van der Waals surface area contributed by atoms with Crippen LogP contribution in [0, 0.1) is 0 Å². The lowest BCUT2D eigenvalue weighted by Crippen LogP contribution is -2.71. The van der Waals surface area contributed by atoms with Crippen LogP contribution < -0.4 is 16.8 Å². The summed E-state index contributed by atoms with van der Waals surface area (Å²) in [6.45, 7) is 3.63. The van der Waals surface area contributed by atoms with Gasteiger partial charge in [-0.3, -0.25) is 14.5 Å². The Morgan fingerprint density at radius 1 is 1.27 bits per heavy atom. The molecule has 0 saturated carbocycles. The van der Waals surface area contributed by atoms with Crippen LogP contribution in [0.4, 0.5) is 9.93 Å². The fourth-order valence-electron chi connectivity index (χ4n) is 4.12. The third kappa shape index (κ3) is 5.78. The number of carbonyl (C=O) groups is 4. The van der Waals surface area contributed by atoms with Crippen LogP contribution in [0.25, 0.3) is 0 Å². The van der Waals surface area contributed by atoms with Gasteiger partial charge in [-0.2, -0.15) is 5.10 Å². The number of thiazole rings is 1. The summed E-state index contributed by atoms with van der Waals surface area (Å²) in [5.74, 6) is -2.64. The van der Waals surface area contributed by atoms with Crippen LogP contribution >= 0.6 is 23.1 Å². The Balaban J connectivity index is 1.40. The van der Waals surface area contributed by atoms with Crippen LogP contribution in [0.5, 0.6) is 0 Å². The summed E-state index contributed by atoms with van der Waals surface area (Å²) in [4.78, 5) is 57.6. The second kappa shape index (κ2) is 12.2. The molecule has 0 aromatic carbocycles. The van der Waals surface area contributed by atoms with Crippen LogP contribution in [-0.2, 0) is 19.1 Å². The summed E-state index contributed by atoms with van der Waals surface area (Å²) in [7, 11) is 0. The van der Waals surface area contributed by atoms with Crippen molar-refractivity contribution in [2.24, 2.45) is 21.1 Å². The molecule has 4 rings (SSSR count). The zero-order chi connectivity index (χ0) is 29.0. The number of rotatable bonds is 7. The minimum atomic E-state index is -1.35. The predicted octanol–water partition coefficient (Wildman–Crippen LogP) is -1.28. The first kappa shape index (κ1) is 28.6. The number of fused-ring (bicyclic) bond motifs is 1. The molecule has 3 amide bonds. The Morgan fingerprint density at radius 2 is 1.98 bits per heavy atom. The molecular formula is C21H26N10O7S2. The Morgan fingerprint density at radius 3 is 2.58 bits per heavy atom. The maximum atomic E-state index is 12.9. The zero-order valence-corrected chi connectivity index (χ0v) is 22.7. The molecule has 17 nitrogen and oxygen atoms in total. The van der Waals surface area contributed by atoms with Crippen molar-refractivity contribution in [1.82, 2.24) is 25.0 Å². The van der Waals surface area contributed by atoms with E-state index in [4.69, 9.17) is 16.2 Å². The van der Waals surface area contributed by atoms with Gasteiger partial charge in [-0.25, -0.2) is 14.6 Å². The van der Waals surface area contributed by atoms with Gasteiger partial charge in [0.2, 0.25) is 5.96 Å². The molecule has 1 aromatic heterocycles. The largest absolute Gasteiger partial charge is 0.477 e. The number of aromatic nitrogens is 1. The van der Waals surface area contributed by atoms with Gasteiger partial charge in [0, 0.05) is 42.9 Å². The third-order valence-electron chi connectivity index (χ3n) is 6.07. The smallest absolute Gasteiger partial charge is 0.409 e. The van der Waals surface area contributed by atoms with Crippen molar-refractivity contribution >= 4 is 70.0 Å². The highest BCUT2D eigenvalue weighted by atomic mass is 32.2. The van der Waals surface area contributed by atoms with E-state index >= 15 is 0 Å². The van der Waals surface area contributed by atoms with Crippen molar-refractivity contribution in [1.29, 1.82) is 0 Å². The van der Waals surface area contributed by atoms with Gasteiger partial charge >= 0.3 is 12.1 Å². The van der Waals surface area contributed by atoms with Crippen molar-refractivity contribution in [3.8, 4) is 0 Å². The number of aliphatic carboxylic acids is 1. The van der Waals surface area contributed by atoms with E-state index < -0.39 is 41.0 Å². The number of hydrogen-bond donors (Lipinski definition) is 5. The molecule has 2 fully saturated rings. The van der Waals surface area contributed by atoms with Gasteiger partial charge in [0.25, 0.3) is 11.8 Å². The number of amides is 3. The minimum absolute atomic E-state index is 0.0350. The quantitative estimate of drug-likeness (QED) is 0.0815. The highest BCUT2D eigenvalue weighted by Crippen LogP contribution is 2.40. The van der Waals surface area contributed by atoms with Crippen LogP contribution in [0.3, 0.4) is 0 Å². The van der Waals surface area contributed by atoms with Gasteiger partial charge < -0.3 is 41.6 Å². The molecule has 214 valence electrons. The number of nitrogen functional groups attached to an aromatic ring is 1. The Kier molecular flexibility index (Phi) is 8.73. The van der Waals surface area contributed by atoms with Crippen LogP contribution in [0.1, 0.15) is 12.6 Å². The van der Waals surface area contributed by atoms with Gasteiger partial charge in [-0.05, 0) is 6.92 Å². The third-order valence-corrected chi connectivity index (χ3v) is 8.05. The topological polar surface area (TPSA) is 242 Å². The number of carboxylic acid groups (broad SMARTS) is 1. The number of ether oxygens (including phenoxy) is 1. The molecular weight excluding hydrogens is 568 g/mol. The molecule has 4 heterocycles. The number of anilines is 1. The fraction of sp³-hybridized carbons (Fsp3) is 0.429. The van der Waals surface area contributed by atoms with E-state index in [9.17, 15) is 29.5 Å².